The molecular weight excluding hydrogens is 183 g/mol. The molecular formula is C8H9BN2O3. The van der Waals surface area contributed by atoms with E-state index in [1.807, 2.05) is 0 Å². The maximum absolute atomic E-state index is 11.0. The standard InChI is InChI=1S/C8H9BN2O3/c12-8-2-7-5(3-11-8)1-6(4-10-7)9(13)14/h1,4,13-14H,2-3H2,(H,11,12). The number of carbonyl (C=O) groups excluding carboxylic acids is 1. The normalized spacial score (nSPS) is 14.6. The lowest BCUT2D eigenvalue weighted by Crippen LogP contribution is -2.35. The van der Waals surface area contributed by atoms with Gasteiger partial charge in [0.1, 0.15) is 0 Å². The van der Waals surface area contributed by atoms with Crippen molar-refractivity contribution in [2.75, 3.05) is 0 Å². The van der Waals surface area contributed by atoms with E-state index >= 15 is 0 Å². The van der Waals surface area contributed by atoms with Crippen molar-refractivity contribution in [3.05, 3.63) is 23.5 Å². The minimum absolute atomic E-state index is 0.0534. The van der Waals surface area contributed by atoms with Crippen LogP contribution in [0.15, 0.2) is 12.3 Å². The van der Waals surface area contributed by atoms with Crippen LogP contribution in [0.1, 0.15) is 11.3 Å². The minimum Gasteiger partial charge on any atom is -0.423 e. The SMILES string of the molecule is O=C1Cc2ncc(B(O)O)cc2CN1. The fourth-order valence-electron chi connectivity index (χ4n) is 1.42. The van der Waals surface area contributed by atoms with Crippen molar-refractivity contribution in [2.24, 2.45) is 0 Å². The molecule has 0 aromatic carbocycles. The molecule has 2 rings (SSSR count). The molecule has 0 fully saturated rings. The predicted octanol–water partition coefficient (Wildman–Crippen LogP) is -2.07. The van der Waals surface area contributed by atoms with Gasteiger partial charge in [0.2, 0.25) is 5.91 Å². The molecule has 1 aromatic heterocycles. The molecule has 3 N–H and O–H groups in total. The van der Waals surface area contributed by atoms with Gasteiger partial charge in [-0.15, -0.1) is 0 Å². The molecule has 0 saturated heterocycles. The summed E-state index contributed by atoms with van der Waals surface area (Å²) in [5.74, 6) is -0.0534. The Hall–Kier alpha value is -1.40. The molecule has 0 bridgehead atoms. The van der Waals surface area contributed by atoms with Crippen LogP contribution in [-0.4, -0.2) is 28.1 Å². The maximum Gasteiger partial charge on any atom is 0.490 e. The summed E-state index contributed by atoms with van der Waals surface area (Å²) < 4.78 is 0. The van der Waals surface area contributed by atoms with Crippen molar-refractivity contribution < 1.29 is 14.8 Å². The highest BCUT2D eigenvalue weighted by Crippen LogP contribution is 2.09. The van der Waals surface area contributed by atoms with Gasteiger partial charge in [0.15, 0.2) is 0 Å². The van der Waals surface area contributed by atoms with E-state index in [1.165, 1.54) is 6.20 Å². The summed E-state index contributed by atoms with van der Waals surface area (Å²) in [6.45, 7) is 0.404. The van der Waals surface area contributed by atoms with E-state index in [2.05, 4.69) is 10.3 Å². The summed E-state index contributed by atoms with van der Waals surface area (Å²) in [4.78, 5) is 15.0. The van der Waals surface area contributed by atoms with E-state index in [-0.39, 0.29) is 12.3 Å². The Morgan fingerprint density at radius 3 is 3.00 bits per heavy atom. The minimum atomic E-state index is -1.51. The van der Waals surface area contributed by atoms with E-state index in [9.17, 15) is 4.79 Å². The number of nitrogens with one attached hydrogen (secondary N) is 1. The molecule has 72 valence electrons. The Morgan fingerprint density at radius 2 is 2.29 bits per heavy atom. The summed E-state index contributed by atoms with van der Waals surface area (Å²) in [5, 5.41) is 20.5. The summed E-state index contributed by atoms with van der Waals surface area (Å²) >= 11 is 0. The third-order valence-corrected chi connectivity index (χ3v) is 2.18. The van der Waals surface area contributed by atoms with E-state index in [0.717, 1.165) is 5.56 Å². The molecule has 6 heteroatoms. The highest BCUT2D eigenvalue weighted by Gasteiger charge is 2.19. The molecule has 1 amide bonds. The molecule has 1 aliphatic rings. The summed E-state index contributed by atoms with van der Waals surface area (Å²) in [6, 6.07) is 1.65. The van der Waals surface area contributed by atoms with Crippen molar-refractivity contribution in [1.29, 1.82) is 0 Å². The zero-order valence-corrected chi connectivity index (χ0v) is 7.40. The third-order valence-electron chi connectivity index (χ3n) is 2.18. The molecule has 2 heterocycles. The number of nitrogens with zero attached hydrogens (tertiary/aromatic N) is 1. The molecule has 0 saturated carbocycles. The predicted molar refractivity (Wildman–Crippen MR) is 49.6 cm³/mol. The smallest absolute Gasteiger partial charge is 0.423 e. The Kier molecular flexibility index (Phi) is 2.22. The van der Waals surface area contributed by atoms with Crippen LogP contribution in [0.5, 0.6) is 0 Å². The van der Waals surface area contributed by atoms with Crippen molar-refractivity contribution in [3.63, 3.8) is 0 Å². The first-order chi connectivity index (χ1) is 6.66. The van der Waals surface area contributed by atoms with Crippen molar-refractivity contribution in [1.82, 2.24) is 10.3 Å². The number of hydrogen-bond acceptors (Lipinski definition) is 4. The lowest BCUT2D eigenvalue weighted by molar-refractivity contribution is -0.121. The number of amides is 1. The molecule has 0 radical (unpaired) electrons. The van der Waals surface area contributed by atoms with Crippen LogP contribution >= 0.6 is 0 Å². The van der Waals surface area contributed by atoms with Crippen LogP contribution in [0.3, 0.4) is 0 Å². The molecule has 0 spiro atoms. The van der Waals surface area contributed by atoms with E-state index in [4.69, 9.17) is 10.0 Å². The van der Waals surface area contributed by atoms with Crippen LogP contribution in [0, 0.1) is 0 Å². The van der Waals surface area contributed by atoms with E-state index < -0.39 is 7.12 Å². The second kappa shape index (κ2) is 3.40. The van der Waals surface area contributed by atoms with Crippen LogP contribution in [0.4, 0.5) is 0 Å². The Bertz CT molecular complexity index is 381. The summed E-state index contributed by atoms with van der Waals surface area (Å²) in [5.41, 5.74) is 1.90. The van der Waals surface area contributed by atoms with Gasteiger partial charge in [-0.25, -0.2) is 0 Å². The van der Waals surface area contributed by atoms with Crippen LogP contribution < -0.4 is 10.8 Å². The zero-order valence-electron chi connectivity index (χ0n) is 7.40. The Labute approximate surface area is 80.9 Å². The molecule has 0 atom stereocenters. The van der Waals surface area contributed by atoms with E-state index in [0.29, 0.717) is 17.7 Å². The highest BCUT2D eigenvalue weighted by molar-refractivity contribution is 6.58. The van der Waals surface area contributed by atoms with Gasteiger partial charge in [-0.05, 0) is 5.56 Å². The first-order valence-corrected chi connectivity index (χ1v) is 4.27. The number of fused-ring (bicyclic) bond motifs is 1. The molecule has 1 aromatic rings. The van der Waals surface area contributed by atoms with Crippen LogP contribution in [-0.2, 0) is 17.8 Å². The van der Waals surface area contributed by atoms with Gasteiger partial charge in [-0.1, -0.05) is 6.07 Å². The average Bonchev–Trinajstić information content (AvgIpc) is 2.16. The Morgan fingerprint density at radius 1 is 1.50 bits per heavy atom. The van der Waals surface area contributed by atoms with Crippen molar-refractivity contribution >= 4 is 18.5 Å². The molecule has 1 aliphatic heterocycles. The first-order valence-electron chi connectivity index (χ1n) is 4.27. The van der Waals surface area contributed by atoms with Gasteiger partial charge in [-0.2, -0.15) is 0 Å². The molecule has 0 aliphatic carbocycles. The van der Waals surface area contributed by atoms with E-state index in [1.54, 1.807) is 6.07 Å². The lowest BCUT2D eigenvalue weighted by Gasteiger charge is -2.16. The van der Waals surface area contributed by atoms with Gasteiger partial charge < -0.3 is 15.4 Å². The topological polar surface area (TPSA) is 82.5 Å². The monoisotopic (exact) mass is 192 g/mol. The van der Waals surface area contributed by atoms with Gasteiger partial charge in [0.25, 0.3) is 0 Å². The van der Waals surface area contributed by atoms with Gasteiger partial charge >= 0.3 is 7.12 Å². The summed E-state index contributed by atoms with van der Waals surface area (Å²) in [6.07, 6.45) is 1.64. The number of pyridine rings is 1. The van der Waals surface area contributed by atoms with Crippen LogP contribution in [0.25, 0.3) is 0 Å². The van der Waals surface area contributed by atoms with Gasteiger partial charge in [0.05, 0.1) is 12.1 Å². The molecule has 14 heavy (non-hydrogen) atoms. The van der Waals surface area contributed by atoms with Crippen molar-refractivity contribution in [2.45, 2.75) is 13.0 Å². The van der Waals surface area contributed by atoms with Crippen molar-refractivity contribution in [3.8, 4) is 0 Å². The highest BCUT2D eigenvalue weighted by atomic mass is 16.4. The second-order valence-corrected chi connectivity index (χ2v) is 3.20. The summed E-state index contributed by atoms with van der Waals surface area (Å²) in [7, 11) is -1.51. The number of rotatable bonds is 1. The number of aromatic nitrogens is 1. The largest absolute Gasteiger partial charge is 0.490 e. The third kappa shape index (κ3) is 1.62. The van der Waals surface area contributed by atoms with Gasteiger partial charge in [0, 0.05) is 18.2 Å². The Balaban J connectivity index is 2.36. The number of carbonyl (C=O) groups is 1. The quantitative estimate of drug-likeness (QED) is 0.446. The lowest BCUT2D eigenvalue weighted by atomic mass is 9.80. The zero-order chi connectivity index (χ0) is 10.1. The second-order valence-electron chi connectivity index (χ2n) is 3.20. The maximum atomic E-state index is 11.0. The fourth-order valence-corrected chi connectivity index (χ4v) is 1.42. The van der Waals surface area contributed by atoms with Crippen LogP contribution in [0.2, 0.25) is 0 Å². The first kappa shape index (κ1) is 9.17. The molecule has 5 nitrogen and oxygen atoms in total. The molecule has 0 unspecified atom stereocenters. The van der Waals surface area contributed by atoms with Gasteiger partial charge in [-0.3, -0.25) is 9.78 Å². The fraction of sp³-hybridized carbons (Fsp3) is 0.250. The average molecular weight is 192 g/mol. The number of hydrogen-bond donors (Lipinski definition) is 3.